The lowest BCUT2D eigenvalue weighted by atomic mass is 9.90. The second-order valence-corrected chi connectivity index (χ2v) is 4.29. The van der Waals surface area contributed by atoms with Crippen LogP contribution in [0.1, 0.15) is 32.1 Å². The number of nitrogens with two attached hydrogens (primary N) is 1. The van der Waals surface area contributed by atoms with E-state index in [0.717, 1.165) is 0 Å². The van der Waals surface area contributed by atoms with Crippen molar-refractivity contribution in [3.63, 3.8) is 0 Å². The quantitative estimate of drug-likeness (QED) is 0.773. The summed E-state index contributed by atoms with van der Waals surface area (Å²) in [4.78, 5) is 13.0. The first-order valence-electron chi connectivity index (χ1n) is 5.82. The van der Waals surface area contributed by atoms with Gasteiger partial charge in [-0.05, 0) is 18.8 Å². The lowest BCUT2D eigenvalue weighted by molar-refractivity contribution is 0.0879. The van der Waals surface area contributed by atoms with Crippen molar-refractivity contribution in [1.82, 2.24) is 4.90 Å². The largest absolute Gasteiger partial charge is 0.449 e. The highest BCUT2D eigenvalue weighted by molar-refractivity contribution is 5.67. The number of nitrogens with zero attached hydrogens (tertiary/aromatic N) is 1. The first-order chi connectivity index (χ1) is 7.24. The molecule has 0 aromatic rings. The van der Waals surface area contributed by atoms with Gasteiger partial charge in [0, 0.05) is 20.1 Å². The molecule has 4 heteroatoms. The molecule has 0 aromatic carbocycles. The van der Waals surface area contributed by atoms with E-state index >= 15 is 0 Å². The highest BCUT2D eigenvalue weighted by Gasteiger charge is 2.16. The van der Waals surface area contributed by atoms with E-state index in [2.05, 4.69) is 0 Å². The van der Waals surface area contributed by atoms with Gasteiger partial charge in [0.05, 0.1) is 6.61 Å². The van der Waals surface area contributed by atoms with Crippen LogP contribution in [0, 0.1) is 5.92 Å². The molecule has 0 aromatic heterocycles. The maximum absolute atomic E-state index is 11.4. The molecule has 0 unspecified atom stereocenters. The minimum absolute atomic E-state index is 0.244. The van der Waals surface area contributed by atoms with E-state index in [1.807, 2.05) is 0 Å². The fraction of sp³-hybridized carbons (Fsp3) is 0.909. The fourth-order valence-corrected chi connectivity index (χ4v) is 1.94. The Hall–Kier alpha value is -0.770. The van der Waals surface area contributed by atoms with Crippen molar-refractivity contribution in [2.24, 2.45) is 11.7 Å². The maximum Gasteiger partial charge on any atom is 0.409 e. The third-order valence-corrected chi connectivity index (χ3v) is 2.94. The summed E-state index contributed by atoms with van der Waals surface area (Å²) in [7, 11) is 1.72. The standard InChI is InChI=1S/C11H22N2O2/c1-13(8-7-12)11(14)15-9-10-5-3-2-4-6-10/h10H,2-9,12H2,1H3. The molecule has 88 valence electrons. The lowest BCUT2D eigenvalue weighted by Gasteiger charge is -2.23. The Morgan fingerprint density at radius 2 is 2.07 bits per heavy atom. The van der Waals surface area contributed by atoms with E-state index in [4.69, 9.17) is 10.5 Å². The van der Waals surface area contributed by atoms with Gasteiger partial charge < -0.3 is 15.4 Å². The summed E-state index contributed by atoms with van der Waals surface area (Å²) in [5.74, 6) is 0.578. The van der Waals surface area contributed by atoms with Crippen LogP contribution in [0.15, 0.2) is 0 Å². The second kappa shape index (κ2) is 6.67. The number of ether oxygens (including phenoxy) is 1. The first-order valence-corrected chi connectivity index (χ1v) is 5.82. The molecule has 1 aliphatic carbocycles. The van der Waals surface area contributed by atoms with E-state index in [9.17, 15) is 4.79 Å². The van der Waals surface area contributed by atoms with Gasteiger partial charge in [-0.1, -0.05) is 19.3 Å². The molecule has 15 heavy (non-hydrogen) atoms. The molecule has 0 saturated heterocycles. The monoisotopic (exact) mass is 214 g/mol. The molecule has 0 radical (unpaired) electrons. The lowest BCUT2D eigenvalue weighted by Crippen LogP contribution is -2.33. The zero-order chi connectivity index (χ0) is 11.1. The predicted molar refractivity (Wildman–Crippen MR) is 59.6 cm³/mol. The molecule has 0 bridgehead atoms. The average molecular weight is 214 g/mol. The number of carbonyl (C=O) groups excluding carboxylic acids is 1. The SMILES string of the molecule is CN(CCN)C(=O)OCC1CCCCC1. The first kappa shape index (κ1) is 12.3. The van der Waals surface area contributed by atoms with Crippen LogP contribution in [0.3, 0.4) is 0 Å². The minimum Gasteiger partial charge on any atom is -0.449 e. The van der Waals surface area contributed by atoms with Crippen LogP contribution in [-0.4, -0.2) is 37.7 Å². The predicted octanol–water partition coefficient (Wildman–Crippen LogP) is 1.59. The summed E-state index contributed by atoms with van der Waals surface area (Å²) in [6, 6.07) is 0. The highest BCUT2D eigenvalue weighted by Crippen LogP contribution is 2.23. The molecule has 0 atom stereocenters. The van der Waals surface area contributed by atoms with Crippen molar-refractivity contribution in [3.8, 4) is 0 Å². The summed E-state index contributed by atoms with van der Waals surface area (Å²) in [5.41, 5.74) is 5.36. The summed E-state index contributed by atoms with van der Waals surface area (Å²) in [5, 5.41) is 0. The Balaban J connectivity index is 2.14. The van der Waals surface area contributed by atoms with Gasteiger partial charge in [0.2, 0.25) is 0 Å². The smallest absolute Gasteiger partial charge is 0.409 e. The molecule has 4 nitrogen and oxygen atoms in total. The summed E-state index contributed by atoms with van der Waals surface area (Å²) >= 11 is 0. The molecule has 1 amide bonds. The van der Waals surface area contributed by atoms with E-state index in [1.165, 1.54) is 37.0 Å². The van der Waals surface area contributed by atoms with Crippen molar-refractivity contribution >= 4 is 6.09 Å². The molecular formula is C11H22N2O2. The number of amides is 1. The van der Waals surface area contributed by atoms with Gasteiger partial charge in [-0.2, -0.15) is 0 Å². The molecule has 1 saturated carbocycles. The van der Waals surface area contributed by atoms with Crippen LogP contribution in [0.2, 0.25) is 0 Å². The molecule has 0 aliphatic heterocycles. The van der Waals surface area contributed by atoms with E-state index < -0.39 is 0 Å². The highest BCUT2D eigenvalue weighted by atomic mass is 16.6. The number of carbonyl (C=O) groups is 1. The van der Waals surface area contributed by atoms with Gasteiger partial charge in [-0.3, -0.25) is 0 Å². The van der Waals surface area contributed by atoms with Crippen LogP contribution >= 0.6 is 0 Å². The van der Waals surface area contributed by atoms with Gasteiger partial charge in [-0.25, -0.2) is 4.79 Å². The Kier molecular flexibility index (Phi) is 5.47. The van der Waals surface area contributed by atoms with Crippen LogP contribution in [0.4, 0.5) is 4.79 Å². The molecule has 1 rings (SSSR count). The second-order valence-electron chi connectivity index (χ2n) is 4.29. The third-order valence-electron chi connectivity index (χ3n) is 2.94. The van der Waals surface area contributed by atoms with Gasteiger partial charge in [0.1, 0.15) is 0 Å². The molecule has 0 spiro atoms. The van der Waals surface area contributed by atoms with Gasteiger partial charge in [-0.15, -0.1) is 0 Å². The van der Waals surface area contributed by atoms with Crippen molar-refractivity contribution in [3.05, 3.63) is 0 Å². The molecule has 2 N–H and O–H groups in total. The average Bonchev–Trinajstić information content (AvgIpc) is 2.27. The van der Waals surface area contributed by atoms with Crippen LogP contribution < -0.4 is 5.73 Å². The Morgan fingerprint density at radius 1 is 1.40 bits per heavy atom. The van der Waals surface area contributed by atoms with E-state index in [1.54, 1.807) is 7.05 Å². The molecule has 1 fully saturated rings. The van der Waals surface area contributed by atoms with Crippen LogP contribution in [0.5, 0.6) is 0 Å². The van der Waals surface area contributed by atoms with Crippen molar-refractivity contribution in [2.45, 2.75) is 32.1 Å². The number of hydrogen-bond donors (Lipinski definition) is 1. The Labute approximate surface area is 91.8 Å². The van der Waals surface area contributed by atoms with Crippen molar-refractivity contribution < 1.29 is 9.53 Å². The molecular weight excluding hydrogens is 192 g/mol. The normalized spacial score (nSPS) is 17.5. The molecule has 0 heterocycles. The Morgan fingerprint density at radius 3 is 2.67 bits per heavy atom. The van der Waals surface area contributed by atoms with Crippen LogP contribution in [-0.2, 0) is 4.74 Å². The van der Waals surface area contributed by atoms with Gasteiger partial charge in [0.25, 0.3) is 0 Å². The minimum atomic E-state index is -0.244. The topological polar surface area (TPSA) is 55.6 Å². The summed E-state index contributed by atoms with van der Waals surface area (Å²) in [6.45, 7) is 1.62. The summed E-state index contributed by atoms with van der Waals surface area (Å²) in [6.07, 6.45) is 6.05. The zero-order valence-electron chi connectivity index (χ0n) is 9.58. The zero-order valence-corrected chi connectivity index (χ0v) is 9.58. The van der Waals surface area contributed by atoms with Gasteiger partial charge in [0.15, 0.2) is 0 Å². The Bertz CT molecular complexity index is 191. The van der Waals surface area contributed by atoms with Crippen molar-refractivity contribution in [1.29, 1.82) is 0 Å². The van der Waals surface area contributed by atoms with E-state index in [-0.39, 0.29) is 6.09 Å². The van der Waals surface area contributed by atoms with E-state index in [0.29, 0.717) is 25.6 Å². The van der Waals surface area contributed by atoms with Crippen LogP contribution in [0.25, 0.3) is 0 Å². The van der Waals surface area contributed by atoms with Crippen molar-refractivity contribution in [2.75, 3.05) is 26.7 Å². The summed E-state index contributed by atoms with van der Waals surface area (Å²) < 4.78 is 5.23. The fourth-order valence-electron chi connectivity index (χ4n) is 1.94. The number of rotatable bonds is 4. The maximum atomic E-state index is 11.4. The molecule has 1 aliphatic rings. The number of hydrogen-bond acceptors (Lipinski definition) is 3. The number of likely N-dealkylation sites (N-methyl/N-ethyl adjacent to an activating group) is 1. The third kappa shape index (κ3) is 4.51. The van der Waals surface area contributed by atoms with Gasteiger partial charge >= 0.3 is 6.09 Å².